The maximum absolute atomic E-state index is 12.2. The van der Waals surface area contributed by atoms with E-state index in [4.69, 9.17) is 23.2 Å². The van der Waals surface area contributed by atoms with Gasteiger partial charge in [0.05, 0.1) is 28.2 Å². The Morgan fingerprint density at radius 2 is 1.83 bits per heavy atom. The largest absolute Gasteiger partial charge is 0.507 e. The van der Waals surface area contributed by atoms with Gasteiger partial charge in [0.15, 0.2) is 0 Å². The van der Waals surface area contributed by atoms with Crippen LogP contribution >= 0.6 is 23.2 Å². The molecule has 1 amide bonds. The molecule has 0 aliphatic heterocycles. The average Bonchev–Trinajstić information content (AvgIpc) is 2.42. The molecule has 23 heavy (non-hydrogen) atoms. The topological polar surface area (TPSA) is 95.5 Å². The molecule has 2 rings (SSSR count). The highest BCUT2D eigenvalue weighted by atomic mass is 35.5. The number of halogens is 2. The Hall–Kier alpha value is -1.96. The van der Waals surface area contributed by atoms with Crippen molar-refractivity contribution >= 4 is 50.5 Å². The van der Waals surface area contributed by atoms with E-state index in [0.29, 0.717) is 5.02 Å². The van der Waals surface area contributed by atoms with Crippen molar-refractivity contribution < 1.29 is 18.3 Å². The normalized spacial score (nSPS) is 11.1. The van der Waals surface area contributed by atoms with Gasteiger partial charge in [-0.25, -0.2) is 8.42 Å². The van der Waals surface area contributed by atoms with Crippen LogP contribution in [0.4, 0.5) is 11.4 Å². The summed E-state index contributed by atoms with van der Waals surface area (Å²) in [6.45, 7) is 0. The molecular weight excluding hydrogens is 363 g/mol. The van der Waals surface area contributed by atoms with Crippen LogP contribution in [-0.4, -0.2) is 25.7 Å². The second kappa shape index (κ2) is 6.66. The summed E-state index contributed by atoms with van der Waals surface area (Å²) in [5.74, 6) is -0.825. The second-order valence-electron chi connectivity index (χ2n) is 4.68. The first-order valence-corrected chi connectivity index (χ1v) is 8.87. The summed E-state index contributed by atoms with van der Waals surface area (Å²) in [6.07, 6.45) is 1.01. The third kappa shape index (κ3) is 4.75. The molecule has 0 aliphatic rings. The van der Waals surface area contributed by atoms with E-state index < -0.39 is 15.9 Å². The van der Waals surface area contributed by atoms with E-state index in [1.807, 2.05) is 0 Å². The minimum Gasteiger partial charge on any atom is -0.507 e. The predicted octanol–water partition coefficient (Wildman–Crippen LogP) is 3.32. The number of hydrogen-bond donors (Lipinski definition) is 3. The number of amides is 1. The van der Waals surface area contributed by atoms with Crippen molar-refractivity contribution in [1.29, 1.82) is 0 Å². The zero-order valence-electron chi connectivity index (χ0n) is 11.8. The Morgan fingerprint density at radius 3 is 2.43 bits per heavy atom. The summed E-state index contributed by atoms with van der Waals surface area (Å²) in [5, 5.41) is 12.6. The van der Waals surface area contributed by atoms with Crippen LogP contribution in [-0.2, 0) is 10.0 Å². The minimum absolute atomic E-state index is 0.00750. The molecule has 9 heteroatoms. The molecule has 122 valence electrons. The van der Waals surface area contributed by atoms with Crippen LogP contribution in [0.15, 0.2) is 36.4 Å². The number of hydrogen-bond acceptors (Lipinski definition) is 4. The highest BCUT2D eigenvalue weighted by Gasteiger charge is 2.14. The molecule has 0 fully saturated rings. The number of sulfonamides is 1. The van der Waals surface area contributed by atoms with Gasteiger partial charge >= 0.3 is 0 Å². The van der Waals surface area contributed by atoms with Crippen LogP contribution in [0.25, 0.3) is 0 Å². The Labute approximate surface area is 143 Å². The fraction of sp³-hybridized carbons (Fsp3) is 0.0714. The van der Waals surface area contributed by atoms with Crippen molar-refractivity contribution in [1.82, 2.24) is 0 Å². The number of phenols is 1. The SMILES string of the molecule is CS(=O)(=O)Nc1ccc(NC(=O)c2cc(Cl)ccc2O)c(Cl)c1. The van der Waals surface area contributed by atoms with Gasteiger partial charge in [-0.2, -0.15) is 0 Å². The van der Waals surface area contributed by atoms with Crippen LogP contribution in [0, 0.1) is 0 Å². The Bertz CT molecular complexity index is 869. The van der Waals surface area contributed by atoms with Crippen LogP contribution in [0.5, 0.6) is 5.75 Å². The van der Waals surface area contributed by atoms with Gasteiger partial charge in [0.25, 0.3) is 5.91 Å². The Morgan fingerprint density at radius 1 is 1.13 bits per heavy atom. The Balaban J connectivity index is 2.23. The lowest BCUT2D eigenvalue weighted by atomic mass is 10.2. The van der Waals surface area contributed by atoms with Crippen LogP contribution in [0.3, 0.4) is 0 Å². The summed E-state index contributed by atoms with van der Waals surface area (Å²) >= 11 is 11.8. The Kier molecular flexibility index (Phi) is 5.03. The lowest BCUT2D eigenvalue weighted by molar-refractivity contribution is 0.102. The van der Waals surface area contributed by atoms with Gasteiger partial charge in [-0.3, -0.25) is 9.52 Å². The first-order valence-electron chi connectivity index (χ1n) is 6.23. The second-order valence-corrected chi connectivity index (χ2v) is 7.28. The van der Waals surface area contributed by atoms with Gasteiger partial charge < -0.3 is 10.4 Å². The fourth-order valence-corrected chi connectivity index (χ4v) is 2.73. The number of rotatable bonds is 4. The number of carbonyl (C=O) groups is 1. The molecule has 0 aromatic heterocycles. The molecule has 0 spiro atoms. The van der Waals surface area contributed by atoms with Crippen molar-refractivity contribution in [2.45, 2.75) is 0 Å². The van der Waals surface area contributed by atoms with Crippen LogP contribution in [0.2, 0.25) is 10.0 Å². The van der Waals surface area contributed by atoms with E-state index in [2.05, 4.69) is 10.0 Å². The summed E-state index contributed by atoms with van der Waals surface area (Å²) in [5.41, 5.74) is 0.517. The van der Waals surface area contributed by atoms with Crippen LogP contribution in [0.1, 0.15) is 10.4 Å². The maximum atomic E-state index is 12.2. The van der Waals surface area contributed by atoms with E-state index in [9.17, 15) is 18.3 Å². The van der Waals surface area contributed by atoms with Crippen molar-refractivity contribution in [3.63, 3.8) is 0 Å². The van der Waals surface area contributed by atoms with E-state index in [0.717, 1.165) is 6.26 Å². The molecule has 0 atom stereocenters. The molecule has 0 saturated carbocycles. The number of carbonyl (C=O) groups excluding carboxylic acids is 1. The van der Waals surface area contributed by atoms with Crippen molar-refractivity contribution in [3.05, 3.63) is 52.0 Å². The number of anilines is 2. The van der Waals surface area contributed by atoms with E-state index in [1.54, 1.807) is 0 Å². The molecule has 2 aromatic rings. The van der Waals surface area contributed by atoms with Crippen molar-refractivity contribution in [3.8, 4) is 5.75 Å². The van der Waals surface area contributed by atoms with Gasteiger partial charge in [-0.15, -0.1) is 0 Å². The molecule has 0 saturated heterocycles. The third-order valence-corrected chi connectivity index (χ3v) is 3.88. The zero-order chi connectivity index (χ0) is 17.2. The number of nitrogens with one attached hydrogen (secondary N) is 2. The van der Waals surface area contributed by atoms with E-state index in [1.165, 1.54) is 36.4 Å². The molecule has 0 aliphatic carbocycles. The van der Waals surface area contributed by atoms with E-state index >= 15 is 0 Å². The van der Waals surface area contributed by atoms with Gasteiger partial charge in [-0.1, -0.05) is 23.2 Å². The summed E-state index contributed by atoms with van der Waals surface area (Å²) < 4.78 is 24.6. The van der Waals surface area contributed by atoms with Crippen molar-refractivity contribution in [2.24, 2.45) is 0 Å². The molecule has 0 bridgehead atoms. The summed E-state index contributed by atoms with van der Waals surface area (Å²) in [7, 11) is -3.43. The average molecular weight is 375 g/mol. The molecule has 2 aromatic carbocycles. The zero-order valence-corrected chi connectivity index (χ0v) is 14.1. The fourth-order valence-electron chi connectivity index (χ4n) is 1.77. The van der Waals surface area contributed by atoms with Crippen molar-refractivity contribution in [2.75, 3.05) is 16.3 Å². The lowest BCUT2D eigenvalue weighted by Gasteiger charge is -2.11. The molecular formula is C14H12Cl2N2O4S. The van der Waals surface area contributed by atoms with E-state index in [-0.39, 0.29) is 27.7 Å². The molecule has 3 N–H and O–H groups in total. The number of benzene rings is 2. The van der Waals surface area contributed by atoms with Gasteiger partial charge in [-0.05, 0) is 36.4 Å². The predicted molar refractivity (Wildman–Crippen MR) is 91.0 cm³/mol. The standard InChI is InChI=1S/C14H12Cl2N2O4S/c1-23(21,22)18-9-3-4-12(11(16)7-9)17-14(20)10-6-8(15)2-5-13(10)19/h2-7,18-19H,1H3,(H,17,20). The highest BCUT2D eigenvalue weighted by molar-refractivity contribution is 7.92. The monoisotopic (exact) mass is 374 g/mol. The number of phenolic OH excluding ortho intramolecular Hbond substituents is 1. The third-order valence-electron chi connectivity index (χ3n) is 2.72. The lowest BCUT2D eigenvalue weighted by Crippen LogP contribution is -2.13. The molecule has 6 nitrogen and oxygen atoms in total. The highest BCUT2D eigenvalue weighted by Crippen LogP contribution is 2.28. The van der Waals surface area contributed by atoms with Gasteiger partial charge in [0, 0.05) is 5.02 Å². The molecule has 0 radical (unpaired) electrons. The smallest absolute Gasteiger partial charge is 0.259 e. The minimum atomic E-state index is -3.43. The first-order chi connectivity index (χ1) is 10.7. The molecule has 0 unspecified atom stereocenters. The molecule has 0 heterocycles. The quantitative estimate of drug-likeness (QED) is 0.764. The summed E-state index contributed by atoms with van der Waals surface area (Å²) in [6, 6.07) is 8.32. The van der Waals surface area contributed by atoms with Gasteiger partial charge in [0.1, 0.15) is 5.75 Å². The number of aromatic hydroxyl groups is 1. The summed E-state index contributed by atoms with van der Waals surface area (Å²) in [4.78, 5) is 12.2. The van der Waals surface area contributed by atoms with Gasteiger partial charge in [0.2, 0.25) is 10.0 Å². The first kappa shape index (κ1) is 17.4. The van der Waals surface area contributed by atoms with Crippen LogP contribution < -0.4 is 10.0 Å². The maximum Gasteiger partial charge on any atom is 0.259 e.